The number of carbonyl (C=O) groups excluding carboxylic acids is 1. The number of aliphatic imine (C=N–C) groups is 1. The molecule has 0 bridgehead atoms. The van der Waals surface area contributed by atoms with Gasteiger partial charge in [-0.2, -0.15) is 0 Å². The highest BCUT2D eigenvalue weighted by atomic mass is 16.5. The van der Waals surface area contributed by atoms with Gasteiger partial charge in [-0.15, -0.1) is 0 Å². The maximum Gasteiger partial charge on any atom is 0.280 e. The minimum atomic E-state index is -0.670. The summed E-state index contributed by atoms with van der Waals surface area (Å²) in [6.45, 7) is 5.14. The molecule has 1 amide bonds. The number of nitrogens with one attached hydrogen (secondary N) is 1. The second-order valence-electron chi connectivity index (χ2n) is 10.2. The second-order valence-corrected chi connectivity index (χ2v) is 10.2. The Morgan fingerprint density at radius 2 is 1.74 bits per heavy atom. The number of amides is 1. The van der Waals surface area contributed by atoms with E-state index in [4.69, 9.17) is 32.2 Å². The van der Waals surface area contributed by atoms with E-state index >= 15 is 0 Å². The molecular formula is C29H48N8O5. The van der Waals surface area contributed by atoms with Crippen LogP contribution in [0.1, 0.15) is 66.7 Å². The van der Waals surface area contributed by atoms with Gasteiger partial charge in [0.2, 0.25) is 0 Å². The quantitative estimate of drug-likeness (QED) is 0.0657. The van der Waals surface area contributed by atoms with Gasteiger partial charge in [0.25, 0.3) is 5.91 Å². The Hall–Kier alpha value is -3.52. The second kappa shape index (κ2) is 19.6. The van der Waals surface area contributed by atoms with Crippen molar-refractivity contribution >= 4 is 23.5 Å². The molecule has 13 heteroatoms. The fourth-order valence-corrected chi connectivity index (χ4v) is 4.21. The average molecular weight is 589 g/mol. The van der Waals surface area contributed by atoms with Crippen molar-refractivity contribution in [2.75, 3.05) is 57.5 Å². The van der Waals surface area contributed by atoms with Crippen LogP contribution in [0.15, 0.2) is 29.3 Å². The topological polar surface area (TPSA) is 218 Å². The van der Waals surface area contributed by atoms with Crippen LogP contribution in [0, 0.1) is 6.92 Å². The number of hydrogen-bond donors (Lipinski definition) is 7. The van der Waals surface area contributed by atoms with Gasteiger partial charge in [0.05, 0.1) is 18.4 Å². The van der Waals surface area contributed by atoms with E-state index in [0.29, 0.717) is 25.3 Å². The van der Waals surface area contributed by atoms with Crippen molar-refractivity contribution in [2.24, 2.45) is 10.7 Å². The van der Waals surface area contributed by atoms with Gasteiger partial charge in [-0.3, -0.25) is 20.0 Å². The summed E-state index contributed by atoms with van der Waals surface area (Å²) in [5.41, 5.74) is 18.8. The van der Waals surface area contributed by atoms with Crippen molar-refractivity contribution in [3.8, 4) is 5.75 Å². The van der Waals surface area contributed by atoms with Crippen LogP contribution in [-0.4, -0.2) is 94.2 Å². The lowest BCUT2D eigenvalue weighted by molar-refractivity contribution is 0.0825. The van der Waals surface area contributed by atoms with Crippen LogP contribution in [0.3, 0.4) is 0 Å². The van der Waals surface area contributed by atoms with Gasteiger partial charge in [0, 0.05) is 19.7 Å². The van der Waals surface area contributed by atoms with Crippen molar-refractivity contribution in [3.05, 3.63) is 41.2 Å². The number of anilines is 2. The molecule has 1 aromatic carbocycles. The van der Waals surface area contributed by atoms with Gasteiger partial charge in [0.1, 0.15) is 18.2 Å². The summed E-state index contributed by atoms with van der Waals surface area (Å²) in [6.07, 6.45) is 6.04. The van der Waals surface area contributed by atoms with Crippen LogP contribution in [0.2, 0.25) is 0 Å². The monoisotopic (exact) mass is 588 g/mol. The third kappa shape index (κ3) is 13.4. The number of aryl methyl sites for hydroxylation is 2. The van der Waals surface area contributed by atoms with Gasteiger partial charge in [0.15, 0.2) is 17.5 Å². The van der Waals surface area contributed by atoms with E-state index in [1.165, 1.54) is 5.56 Å². The van der Waals surface area contributed by atoms with Crippen LogP contribution < -0.4 is 27.3 Å². The lowest BCUT2D eigenvalue weighted by atomic mass is 10.1. The highest BCUT2D eigenvalue weighted by molar-refractivity contribution is 6.06. The van der Waals surface area contributed by atoms with Gasteiger partial charge < -0.3 is 37.3 Å². The molecule has 42 heavy (non-hydrogen) atoms. The largest absolute Gasteiger partial charge is 0.492 e. The molecule has 0 saturated carbocycles. The molecule has 0 aliphatic carbocycles. The third-order valence-corrected chi connectivity index (χ3v) is 6.70. The summed E-state index contributed by atoms with van der Waals surface area (Å²) in [5.74, 6) is 0.309. The van der Waals surface area contributed by atoms with E-state index in [0.717, 1.165) is 70.3 Å². The van der Waals surface area contributed by atoms with Crippen molar-refractivity contribution in [1.82, 2.24) is 20.2 Å². The minimum absolute atomic E-state index is 0.0105. The molecule has 0 unspecified atom stereocenters. The number of carbonyl (C=O) groups is 1. The average Bonchev–Trinajstić information content (AvgIpc) is 2.97. The smallest absolute Gasteiger partial charge is 0.280 e. The number of benzene rings is 1. The van der Waals surface area contributed by atoms with Crippen molar-refractivity contribution in [2.45, 2.75) is 64.4 Å². The van der Waals surface area contributed by atoms with Crippen molar-refractivity contribution < 1.29 is 24.9 Å². The molecule has 0 radical (unpaired) electrons. The fourth-order valence-electron chi connectivity index (χ4n) is 4.21. The molecule has 234 valence electrons. The number of unbranched alkanes of at least 4 members (excludes halogenated alkanes) is 3. The zero-order valence-corrected chi connectivity index (χ0v) is 24.7. The van der Waals surface area contributed by atoms with Crippen LogP contribution in [0.5, 0.6) is 5.75 Å². The number of nitrogens with zero attached hydrogens (tertiary/aromatic N) is 4. The van der Waals surface area contributed by atoms with Crippen LogP contribution in [0.4, 0.5) is 11.6 Å². The standard InChI is InChI=1S/C29H48N8O5/c1-21-26(30)35-27(31)25(34-21)28(41)36-29(32)33-14-4-3-8-22-10-12-24(13-11-22)42-19-17-37(15-5-2-6-18-38)16-7-9-23(40)20-39/h10-13,23,38-40H,2-9,14-20H2,1H3,(H4,30,31,35)(H3,32,33,36,41)/t23-/m0/s1. The molecular weight excluding hydrogens is 540 g/mol. The molecule has 0 aliphatic rings. The number of rotatable bonds is 20. The summed E-state index contributed by atoms with van der Waals surface area (Å²) < 4.78 is 5.96. The highest BCUT2D eigenvalue weighted by Crippen LogP contribution is 2.15. The van der Waals surface area contributed by atoms with E-state index < -0.39 is 12.0 Å². The Kier molecular flexibility index (Phi) is 16.2. The summed E-state index contributed by atoms with van der Waals surface area (Å²) in [4.78, 5) is 26.8. The lowest BCUT2D eigenvalue weighted by Crippen LogP contribution is -2.38. The maximum atomic E-state index is 12.3. The van der Waals surface area contributed by atoms with E-state index in [9.17, 15) is 9.90 Å². The molecule has 0 aliphatic heterocycles. The number of aliphatic hydroxyl groups is 3. The zero-order chi connectivity index (χ0) is 30.7. The number of aliphatic hydroxyl groups excluding tert-OH is 3. The van der Waals surface area contributed by atoms with E-state index in [2.05, 4.69) is 37.3 Å². The van der Waals surface area contributed by atoms with E-state index in [-0.39, 0.29) is 36.5 Å². The van der Waals surface area contributed by atoms with E-state index in [1.54, 1.807) is 6.92 Å². The van der Waals surface area contributed by atoms with Crippen LogP contribution in [0.25, 0.3) is 0 Å². The Balaban J connectivity index is 1.69. The number of hydrogen-bond acceptors (Lipinski definition) is 11. The molecule has 1 aromatic heterocycles. The Morgan fingerprint density at radius 3 is 2.45 bits per heavy atom. The molecule has 10 N–H and O–H groups in total. The molecule has 2 rings (SSSR count). The minimum Gasteiger partial charge on any atom is -0.492 e. The third-order valence-electron chi connectivity index (χ3n) is 6.70. The van der Waals surface area contributed by atoms with E-state index in [1.807, 2.05) is 12.1 Å². The molecule has 1 heterocycles. The molecule has 0 saturated heterocycles. The van der Waals surface area contributed by atoms with Gasteiger partial charge >= 0.3 is 0 Å². The summed E-state index contributed by atoms with van der Waals surface area (Å²) >= 11 is 0. The summed E-state index contributed by atoms with van der Waals surface area (Å²) in [5, 5.41) is 30.1. The number of aromatic nitrogens is 2. The lowest BCUT2D eigenvalue weighted by Gasteiger charge is -2.23. The number of guanidine groups is 1. The predicted octanol–water partition coefficient (Wildman–Crippen LogP) is 0.994. The molecule has 0 spiro atoms. The van der Waals surface area contributed by atoms with Crippen molar-refractivity contribution in [3.63, 3.8) is 0 Å². The first-order valence-electron chi connectivity index (χ1n) is 14.6. The molecule has 13 nitrogen and oxygen atoms in total. The Bertz CT molecular complexity index is 1100. The van der Waals surface area contributed by atoms with Crippen LogP contribution in [-0.2, 0) is 6.42 Å². The zero-order valence-electron chi connectivity index (χ0n) is 24.7. The molecule has 0 fully saturated rings. The Labute approximate surface area is 248 Å². The Morgan fingerprint density at radius 1 is 1.00 bits per heavy atom. The fraction of sp³-hybridized carbons (Fsp3) is 0.586. The first kappa shape index (κ1) is 34.7. The van der Waals surface area contributed by atoms with Gasteiger partial charge in [-0.25, -0.2) is 9.97 Å². The van der Waals surface area contributed by atoms with Gasteiger partial charge in [-0.05, 0) is 89.1 Å². The molecule has 1 atom stereocenters. The molecule has 2 aromatic rings. The summed E-state index contributed by atoms with van der Waals surface area (Å²) in [7, 11) is 0. The first-order chi connectivity index (χ1) is 20.2. The summed E-state index contributed by atoms with van der Waals surface area (Å²) in [6, 6.07) is 8.04. The van der Waals surface area contributed by atoms with Crippen LogP contribution >= 0.6 is 0 Å². The number of ether oxygens (including phenoxy) is 1. The predicted molar refractivity (Wildman–Crippen MR) is 164 cm³/mol. The van der Waals surface area contributed by atoms with Crippen molar-refractivity contribution in [1.29, 1.82) is 0 Å². The number of nitrogen functional groups attached to an aromatic ring is 2. The first-order valence-corrected chi connectivity index (χ1v) is 14.6. The highest BCUT2D eigenvalue weighted by Gasteiger charge is 2.16. The normalized spacial score (nSPS) is 12.5. The SMILES string of the molecule is Cc1nc(C(=O)NC(N)=NCCCCc2ccc(OCCN(CCCCCO)CCC[C@H](O)CO)cc2)c(N)nc1N. The number of nitrogens with two attached hydrogens (primary N) is 3. The maximum absolute atomic E-state index is 12.3. The van der Waals surface area contributed by atoms with Gasteiger partial charge in [-0.1, -0.05) is 12.1 Å².